The zero-order valence-corrected chi connectivity index (χ0v) is 53.3. The van der Waals surface area contributed by atoms with E-state index in [0.717, 1.165) is 66.9 Å². The molecule has 11 nitrogen and oxygen atoms in total. The molecule has 7 aromatic carbocycles. The molecule has 1 aliphatic carbocycles. The van der Waals surface area contributed by atoms with Gasteiger partial charge in [0.2, 0.25) is 5.91 Å². The number of benzene rings is 7. The average Bonchev–Trinajstić information content (AvgIpc) is 0.767. The molecule has 1 aliphatic heterocycles. The maximum absolute atomic E-state index is 12.7. The lowest BCUT2D eigenvalue weighted by Crippen LogP contribution is -3.00. The summed E-state index contributed by atoms with van der Waals surface area (Å²) in [5.74, 6) is 6.96. The van der Waals surface area contributed by atoms with Crippen LogP contribution in [0.25, 0.3) is 27.1 Å². The minimum Gasteiger partial charge on any atom is -1.00 e. The number of nitrogens with one attached hydrogen (secondary N) is 1. The summed E-state index contributed by atoms with van der Waals surface area (Å²) >= 11 is 0. The highest BCUT2D eigenvalue weighted by molar-refractivity contribution is 6.98. The predicted molar refractivity (Wildman–Crippen MR) is 366 cm³/mol. The molecule has 9 rings (SSSR count). The third-order valence-corrected chi connectivity index (χ3v) is 20.4. The van der Waals surface area contributed by atoms with Gasteiger partial charge in [0.1, 0.15) is 22.2 Å². The maximum Gasteiger partial charge on any atom is 0.488 e. The topological polar surface area (TPSA) is 140 Å². The zero-order valence-electron chi connectivity index (χ0n) is 51.6. The number of anilines is 1. The molecule has 7 aromatic rings. The minimum atomic E-state index is -2.12. The molecule has 88 heavy (non-hydrogen) atoms. The second-order valence-electron chi connectivity index (χ2n) is 24.0. The summed E-state index contributed by atoms with van der Waals surface area (Å²) in [5, 5.41) is 52.2. The third-order valence-electron chi connectivity index (χ3n) is 16.8. The van der Waals surface area contributed by atoms with Gasteiger partial charge in [-0.15, -0.1) is 0 Å². The SMILES string of the molecule is C.C=C(C)C(=O)CCCCN(Cc1ccccc1B(O)O)Cc1c2ccccc2c(CN(CCCNC(=O)C(=C)C)Cc2ccccc2B(O)O)c2ccc(C#Cc3ccc(C4=C5C=CC(=[N+](C)C)C=C5[Si](C)(C)c5cc(N(C)C)ccc54)cc3)cc12.[Cl-]. The summed E-state index contributed by atoms with van der Waals surface area (Å²) in [6.07, 6.45) is 9.37. The molecular formula is C73H84B2ClN5O6Si. The van der Waals surface area contributed by atoms with Crippen LogP contribution in [0.3, 0.4) is 0 Å². The lowest BCUT2D eigenvalue weighted by Gasteiger charge is -2.38. The summed E-state index contributed by atoms with van der Waals surface area (Å²) in [5.41, 5.74) is 14.7. The number of carbonyl (C=O) groups excluding carboxylic acids is 2. The Morgan fingerprint density at radius 3 is 1.75 bits per heavy atom. The number of hydrogen-bond donors (Lipinski definition) is 5. The van der Waals surface area contributed by atoms with Gasteiger partial charge in [-0.1, -0.05) is 143 Å². The molecule has 0 bridgehead atoms. The smallest absolute Gasteiger partial charge is 0.488 e. The standard InChI is InChI=1S/C72H79B2N5O6Si.CH4.ClH/c1-49(2)68(80)26-17-18-40-78(45-54-20-11-15-24-66(54)73(82)83)48-65-59-23-14-13-22-58(59)64(47-79(41-19-39-75-72(81)50(3)4)46-55-21-12-16-25-67(55)74(84)85)60-36-31-52(42-63(60)65)28-27-51-29-32-53(33-30-51)71-61-37-34-56(76(5)6)43-69(61)86(9,10)70-44-57(77(7)8)35-38-62(70)71;;/h11-16,20-25,29-38,42-44,82-85H,1,3,17-19,26,39-41,45-48H2,2,4-10H3;1H4;1H. The number of amides is 1. The van der Waals surface area contributed by atoms with Crippen molar-refractivity contribution >= 4 is 88.6 Å². The van der Waals surface area contributed by atoms with Crippen molar-refractivity contribution in [3.8, 4) is 11.8 Å². The Morgan fingerprint density at radius 1 is 0.636 bits per heavy atom. The fourth-order valence-corrected chi connectivity index (χ4v) is 15.1. The van der Waals surface area contributed by atoms with E-state index in [1.165, 1.54) is 38.5 Å². The van der Waals surface area contributed by atoms with Crippen LogP contribution < -0.4 is 38.7 Å². The minimum absolute atomic E-state index is 0. The summed E-state index contributed by atoms with van der Waals surface area (Å²) in [6, 6.07) is 45.3. The van der Waals surface area contributed by atoms with Crippen molar-refractivity contribution in [1.29, 1.82) is 0 Å². The van der Waals surface area contributed by atoms with Gasteiger partial charge in [0.25, 0.3) is 0 Å². The lowest BCUT2D eigenvalue weighted by molar-refractivity contribution is -0.462. The van der Waals surface area contributed by atoms with Crippen LogP contribution >= 0.6 is 0 Å². The highest BCUT2D eigenvalue weighted by Crippen LogP contribution is 2.42. The molecule has 0 saturated heterocycles. The molecular weight excluding hydrogens is 1130 g/mol. The van der Waals surface area contributed by atoms with Gasteiger partial charge in [0, 0.05) is 94.3 Å². The molecule has 0 spiro atoms. The third kappa shape index (κ3) is 15.6. The molecule has 0 aromatic heterocycles. The number of unbranched alkanes of at least 4 members (excludes halogenated alkanes) is 1. The van der Waals surface area contributed by atoms with E-state index in [1.807, 2.05) is 30.3 Å². The van der Waals surface area contributed by atoms with Gasteiger partial charge in [0.15, 0.2) is 11.5 Å². The number of halogens is 1. The van der Waals surface area contributed by atoms with E-state index >= 15 is 0 Å². The lowest BCUT2D eigenvalue weighted by atomic mass is 9.77. The molecule has 0 radical (unpaired) electrons. The van der Waals surface area contributed by atoms with Crippen LogP contribution in [0.15, 0.2) is 187 Å². The first-order valence-electron chi connectivity index (χ1n) is 29.7. The number of carbonyl (C=O) groups is 2. The molecule has 5 N–H and O–H groups in total. The Morgan fingerprint density at radius 2 is 1.18 bits per heavy atom. The number of ketones is 1. The quantitative estimate of drug-likeness (QED) is 0.0124. The van der Waals surface area contributed by atoms with Crippen LogP contribution in [0.5, 0.6) is 0 Å². The van der Waals surface area contributed by atoms with E-state index in [2.05, 4.69) is 194 Å². The second kappa shape index (κ2) is 30.0. The van der Waals surface area contributed by atoms with Gasteiger partial charge >= 0.3 is 14.2 Å². The van der Waals surface area contributed by atoms with Crippen LogP contribution in [0.2, 0.25) is 13.1 Å². The van der Waals surface area contributed by atoms with Gasteiger partial charge in [-0.2, -0.15) is 0 Å². The number of Topliss-reactive ketones (excluding diaryl/α,β-unsaturated/α-hetero) is 1. The van der Waals surface area contributed by atoms with Gasteiger partial charge in [-0.25, -0.2) is 4.58 Å². The number of allylic oxidation sites excluding steroid dienone is 6. The second-order valence-corrected chi connectivity index (χ2v) is 28.3. The van der Waals surface area contributed by atoms with Crippen LogP contribution in [0, 0.1) is 11.8 Å². The van der Waals surface area contributed by atoms with Crippen molar-refractivity contribution in [3.63, 3.8) is 0 Å². The molecule has 0 atom stereocenters. The van der Waals surface area contributed by atoms with E-state index in [4.69, 9.17) is 0 Å². The zero-order chi connectivity index (χ0) is 61.4. The van der Waals surface area contributed by atoms with Crippen LogP contribution in [-0.4, -0.2) is 122 Å². The van der Waals surface area contributed by atoms with Crippen molar-refractivity contribution in [2.24, 2.45) is 0 Å². The number of nitrogens with zero attached hydrogens (tertiary/aromatic N) is 4. The number of rotatable bonds is 23. The molecule has 0 unspecified atom stereocenters. The Bertz CT molecular complexity index is 3970. The Kier molecular flexibility index (Phi) is 23.1. The van der Waals surface area contributed by atoms with Crippen LogP contribution in [0.4, 0.5) is 5.69 Å². The van der Waals surface area contributed by atoms with E-state index in [9.17, 15) is 29.7 Å². The Hall–Kier alpha value is -7.67. The first-order chi connectivity index (χ1) is 41.2. The van der Waals surface area contributed by atoms with E-state index in [-0.39, 0.29) is 31.5 Å². The summed E-state index contributed by atoms with van der Waals surface area (Å²) in [7, 11) is 2.98. The number of hydrogen-bond acceptors (Lipinski definition) is 9. The molecule has 1 heterocycles. The van der Waals surface area contributed by atoms with Crippen molar-refractivity contribution in [1.82, 2.24) is 15.1 Å². The van der Waals surface area contributed by atoms with Crippen molar-refractivity contribution in [3.05, 3.63) is 231 Å². The van der Waals surface area contributed by atoms with Crippen molar-refractivity contribution < 1.29 is 46.7 Å². The highest BCUT2D eigenvalue weighted by atomic mass is 35.5. The molecule has 454 valence electrons. The largest absolute Gasteiger partial charge is 1.00 e. The van der Waals surface area contributed by atoms with Gasteiger partial charge < -0.3 is 42.7 Å². The summed E-state index contributed by atoms with van der Waals surface area (Å²) < 4.78 is 2.18. The van der Waals surface area contributed by atoms with E-state index in [1.54, 1.807) is 32.0 Å². The van der Waals surface area contributed by atoms with Crippen LogP contribution in [-0.2, 0) is 35.8 Å². The fraction of sp³-hybridized carbons (Fsp3) is 0.274. The van der Waals surface area contributed by atoms with Gasteiger partial charge in [-0.3, -0.25) is 19.4 Å². The van der Waals surface area contributed by atoms with E-state index < -0.39 is 22.3 Å². The first-order valence-corrected chi connectivity index (χ1v) is 32.7. The van der Waals surface area contributed by atoms with Crippen molar-refractivity contribution in [2.45, 2.75) is 86.2 Å². The molecule has 15 heteroatoms. The molecule has 1 amide bonds. The summed E-state index contributed by atoms with van der Waals surface area (Å²) in [4.78, 5) is 32.2. The Labute approximate surface area is 529 Å². The maximum atomic E-state index is 12.7. The normalized spacial score (nSPS) is 13.0. The van der Waals surface area contributed by atoms with Crippen LogP contribution in [0.1, 0.15) is 91.5 Å². The highest BCUT2D eigenvalue weighted by Gasteiger charge is 2.40. The average molecular weight is 1210 g/mol. The Balaban J connectivity index is 0.00000552. The molecule has 0 fully saturated rings. The molecule has 0 saturated carbocycles. The first kappa shape index (κ1) is 67.8. The molecule has 2 aliphatic rings. The monoisotopic (exact) mass is 1210 g/mol. The summed E-state index contributed by atoms with van der Waals surface area (Å²) in [6.45, 7) is 19.5. The van der Waals surface area contributed by atoms with Crippen molar-refractivity contribution in [2.75, 3.05) is 52.7 Å². The van der Waals surface area contributed by atoms with Gasteiger partial charge in [0.05, 0.1) is 0 Å². The van der Waals surface area contributed by atoms with Gasteiger partial charge in [-0.05, 0) is 175 Å². The van der Waals surface area contributed by atoms with E-state index in [0.29, 0.717) is 87.1 Å². The predicted octanol–water partition coefficient (Wildman–Crippen LogP) is 6.34. The number of fused-ring (bicyclic) bond motifs is 4. The fourth-order valence-electron chi connectivity index (χ4n) is 12.0.